The molecule has 1 unspecified atom stereocenters. The number of allylic oxidation sites excluding steroid dienone is 1. The minimum atomic E-state index is -1.20. The summed E-state index contributed by atoms with van der Waals surface area (Å²) in [5.74, 6) is 0.0504. The molecular weight excluding hydrogens is 318 g/mol. The summed E-state index contributed by atoms with van der Waals surface area (Å²) in [4.78, 5) is 11.3. The van der Waals surface area contributed by atoms with Gasteiger partial charge >= 0.3 is 0 Å². The number of carbonyl (C=O) groups excluding carboxylic acids is 1. The molecule has 1 saturated carbocycles. The van der Waals surface area contributed by atoms with E-state index >= 15 is 0 Å². The molecule has 1 fully saturated rings. The van der Waals surface area contributed by atoms with Gasteiger partial charge in [0.15, 0.2) is 11.5 Å². The van der Waals surface area contributed by atoms with Crippen molar-refractivity contribution in [3.63, 3.8) is 0 Å². The fourth-order valence-corrected chi connectivity index (χ4v) is 3.77. The number of benzene rings is 1. The highest BCUT2D eigenvalue weighted by Gasteiger charge is 2.34. The lowest BCUT2D eigenvalue weighted by Crippen LogP contribution is -2.32. The third-order valence-corrected chi connectivity index (χ3v) is 5.17. The number of nitriles is 1. The molecule has 0 N–H and O–H groups in total. The molecule has 0 aromatic heterocycles. The van der Waals surface area contributed by atoms with Gasteiger partial charge in [0.1, 0.15) is 5.41 Å². The van der Waals surface area contributed by atoms with Gasteiger partial charge in [-0.1, -0.05) is 12.1 Å². The summed E-state index contributed by atoms with van der Waals surface area (Å²) in [5.41, 5.74) is -0.0302. The highest BCUT2D eigenvalue weighted by atomic mass is 16.5. The van der Waals surface area contributed by atoms with E-state index in [9.17, 15) is 15.2 Å². The minimum absolute atomic E-state index is 0.169. The molecule has 0 radical (unpaired) electrons. The quantitative estimate of drug-likeness (QED) is 0.823. The highest BCUT2D eigenvalue weighted by molar-refractivity contribution is 5.85. The van der Waals surface area contributed by atoms with Crippen molar-refractivity contribution >= 4 is 5.97 Å². The van der Waals surface area contributed by atoms with Crippen molar-refractivity contribution in [3.8, 4) is 17.6 Å². The summed E-state index contributed by atoms with van der Waals surface area (Å²) in [6.45, 7) is 0. The molecule has 25 heavy (non-hydrogen) atoms. The van der Waals surface area contributed by atoms with Crippen LogP contribution in [0, 0.1) is 11.3 Å². The number of carboxylic acid groups (broad SMARTS) is 1. The fourth-order valence-electron chi connectivity index (χ4n) is 3.77. The molecule has 0 spiro atoms. The van der Waals surface area contributed by atoms with Crippen molar-refractivity contribution in [2.75, 3.05) is 7.11 Å². The average Bonchev–Trinajstić information content (AvgIpc) is 3.14. The zero-order chi connectivity index (χ0) is 17.9. The molecule has 0 aliphatic heterocycles. The van der Waals surface area contributed by atoms with Crippen LogP contribution in [0.25, 0.3) is 0 Å². The molecule has 132 valence electrons. The molecule has 3 rings (SSSR count). The van der Waals surface area contributed by atoms with Gasteiger partial charge in [-0.3, -0.25) is 0 Å². The molecule has 2 aliphatic carbocycles. The molecule has 0 bridgehead atoms. The molecule has 0 heterocycles. The Morgan fingerprint density at radius 2 is 2.04 bits per heavy atom. The highest BCUT2D eigenvalue weighted by Crippen LogP contribution is 2.41. The largest absolute Gasteiger partial charge is 0.545 e. The first-order chi connectivity index (χ1) is 12.1. The number of carboxylic acids is 1. The van der Waals surface area contributed by atoms with Gasteiger partial charge in [-0.05, 0) is 68.2 Å². The van der Waals surface area contributed by atoms with Crippen LogP contribution < -0.4 is 14.6 Å². The minimum Gasteiger partial charge on any atom is -0.545 e. The van der Waals surface area contributed by atoms with E-state index in [1.807, 2.05) is 12.1 Å². The molecule has 1 aromatic rings. The molecule has 2 aliphatic rings. The van der Waals surface area contributed by atoms with Gasteiger partial charge in [-0.25, -0.2) is 0 Å². The van der Waals surface area contributed by atoms with Crippen LogP contribution in [-0.4, -0.2) is 19.2 Å². The first-order valence-electron chi connectivity index (χ1n) is 8.77. The van der Waals surface area contributed by atoms with Crippen LogP contribution in [-0.2, 0) is 10.2 Å². The summed E-state index contributed by atoms with van der Waals surface area (Å²) in [6.07, 6.45) is 7.73. The lowest BCUT2D eigenvalue weighted by molar-refractivity contribution is -0.299. The molecule has 1 aromatic carbocycles. The van der Waals surface area contributed by atoms with Crippen molar-refractivity contribution in [3.05, 3.63) is 35.4 Å². The molecule has 0 amide bonds. The van der Waals surface area contributed by atoms with Crippen LogP contribution in [0.4, 0.5) is 0 Å². The number of nitrogens with zero attached hydrogens (tertiary/aromatic N) is 1. The second-order valence-corrected chi connectivity index (χ2v) is 6.78. The van der Waals surface area contributed by atoms with Crippen LogP contribution in [0.15, 0.2) is 29.8 Å². The maximum atomic E-state index is 11.3. The van der Waals surface area contributed by atoms with Crippen LogP contribution in [0.2, 0.25) is 0 Å². The zero-order valence-corrected chi connectivity index (χ0v) is 14.4. The SMILES string of the molecule is COc1ccc(C2(C#N)C=C(C(=O)[O-])CCC2)cc1OC1CCCC1. The van der Waals surface area contributed by atoms with Crippen molar-refractivity contribution in [2.24, 2.45) is 0 Å². The second-order valence-electron chi connectivity index (χ2n) is 6.78. The number of hydrogen-bond donors (Lipinski definition) is 0. The Kier molecular flexibility index (Phi) is 4.98. The Labute approximate surface area is 147 Å². The van der Waals surface area contributed by atoms with Crippen molar-refractivity contribution in [1.82, 2.24) is 0 Å². The van der Waals surface area contributed by atoms with Gasteiger partial charge in [0.2, 0.25) is 0 Å². The van der Waals surface area contributed by atoms with Gasteiger partial charge < -0.3 is 19.4 Å². The fraction of sp³-hybridized carbons (Fsp3) is 0.500. The van der Waals surface area contributed by atoms with Crippen LogP contribution >= 0.6 is 0 Å². The van der Waals surface area contributed by atoms with Gasteiger partial charge in [-0.15, -0.1) is 0 Å². The predicted octanol–water partition coefficient (Wildman–Crippen LogP) is 2.64. The first kappa shape index (κ1) is 17.3. The first-order valence-corrected chi connectivity index (χ1v) is 8.77. The predicted molar refractivity (Wildman–Crippen MR) is 90.1 cm³/mol. The van der Waals surface area contributed by atoms with Crippen LogP contribution in [0.3, 0.4) is 0 Å². The van der Waals surface area contributed by atoms with Crippen molar-refractivity contribution in [2.45, 2.75) is 56.5 Å². The molecule has 0 saturated heterocycles. The summed E-state index contributed by atoms with van der Waals surface area (Å²) in [5, 5.41) is 21.1. The number of hydrogen-bond acceptors (Lipinski definition) is 5. The number of aliphatic carboxylic acids is 1. The van der Waals surface area contributed by atoms with E-state index in [2.05, 4.69) is 6.07 Å². The smallest absolute Gasteiger partial charge is 0.161 e. The topological polar surface area (TPSA) is 82.4 Å². The van der Waals surface area contributed by atoms with E-state index in [0.29, 0.717) is 30.8 Å². The summed E-state index contributed by atoms with van der Waals surface area (Å²) in [6, 6.07) is 7.75. The lowest BCUT2D eigenvalue weighted by atomic mass is 9.72. The van der Waals surface area contributed by atoms with Crippen LogP contribution in [0.5, 0.6) is 11.5 Å². The maximum Gasteiger partial charge on any atom is 0.161 e. The molecule has 1 atom stereocenters. The van der Waals surface area contributed by atoms with E-state index in [4.69, 9.17) is 9.47 Å². The number of carbonyl (C=O) groups is 1. The van der Waals surface area contributed by atoms with E-state index in [0.717, 1.165) is 31.2 Å². The van der Waals surface area contributed by atoms with Crippen molar-refractivity contribution < 1.29 is 19.4 Å². The lowest BCUT2D eigenvalue weighted by Gasteiger charge is -2.30. The van der Waals surface area contributed by atoms with Gasteiger partial charge in [0.25, 0.3) is 0 Å². The number of methoxy groups -OCH3 is 1. The van der Waals surface area contributed by atoms with Crippen molar-refractivity contribution in [1.29, 1.82) is 5.26 Å². The number of ether oxygens (including phenoxy) is 2. The Hall–Kier alpha value is -2.48. The Morgan fingerprint density at radius 1 is 1.28 bits per heavy atom. The maximum absolute atomic E-state index is 11.3. The van der Waals surface area contributed by atoms with E-state index in [1.54, 1.807) is 19.3 Å². The Bertz CT molecular complexity index is 728. The monoisotopic (exact) mass is 340 g/mol. The Morgan fingerprint density at radius 3 is 2.68 bits per heavy atom. The third-order valence-electron chi connectivity index (χ3n) is 5.17. The van der Waals surface area contributed by atoms with Gasteiger partial charge in [-0.2, -0.15) is 5.26 Å². The molecular formula is C20H22NO4-. The third kappa shape index (κ3) is 3.48. The van der Waals surface area contributed by atoms with Gasteiger partial charge in [0.05, 0.1) is 25.3 Å². The standard InChI is InChI=1S/C20H23NO4/c1-24-17-9-8-15(11-18(17)25-16-6-2-3-7-16)20(13-21)10-4-5-14(12-20)19(22)23/h8-9,11-12,16H,2-7,10H2,1H3,(H,22,23)/p-1. The van der Waals surface area contributed by atoms with Gasteiger partial charge in [0, 0.05) is 0 Å². The summed E-state index contributed by atoms with van der Waals surface area (Å²) in [7, 11) is 1.59. The Balaban J connectivity index is 1.99. The zero-order valence-electron chi connectivity index (χ0n) is 14.4. The summed E-state index contributed by atoms with van der Waals surface area (Å²) >= 11 is 0. The molecule has 5 nitrogen and oxygen atoms in total. The molecule has 5 heteroatoms. The second kappa shape index (κ2) is 7.18. The average molecular weight is 340 g/mol. The van der Waals surface area contributed by atoms with E-state index in [1.165, 1.54) is 0 Å². The number of rotatable bonds is 5. The normalized spacial score (nSPS) is 23.6. The summed E-state index contributed by atoms with van der Waals surface area (Å²) < 4.78 is 11.5. The van der Waals surface area contributed by atoms with E-state index < -0.39 is 11.4 Å². The van der Waals surface area contributed by atoms with E-state index in [-0.39, 0.29) is 11.7 Å². The van der Waals surface area contributed by atoms with Crippen LogP contribution in [0.1, 0.15) is 50.5 Å².